The molecule has 4 heteroatoms. The first kappa shape index (κ1) is 21.1. The minimum absolute atomic E-state index is 0.169. The molecule has 0 radical (unpaired) electrons. The van der Waals surface area contributed by atoms with Gasteiger partial charge >= 0.3 is 5.97 Å². The molecule has 1 aromatic carbocycles. The van der Waals surface area contributed by atoms with Gasteiger partial charge in [0, 0.05) is 18.7 Å². The van der Waals surface area contributed by atoms with Crippen LogP contribution in [-0.2, 0) is 9.53 Å². The predicted molar refractivity (Wildman–Crippen MR) is 113 cm³/mol. The zero-order valence-electron chi connectivity index (χ0n) is 17.1. The number of carboxylic acids is 1. The van der Waals surface area contributed by atoms with Gasteiger partial charge in [0.25, 0.3) is 0 Å². The molecule has 4 nitrogen and oxygen atoms in total. The van der Waals surface area contributed by atoms with Crippen molar-refractivity contribution in [2.45, 2.75) is 70.4 Å². The summed E-state index contributed by atoms with van der Waals surface area (Å²) in [5, 5.41) is 12.5. The topological polar surface area (TPSA) is 58.6 Å². The van der Waals surface area contributed by atoms with Crippen LogP contribution < -0.4 is 5.32 Å². The van der Waals surface area contributed by atoms with Gasteiger partial charge in [0.05, 0.1) is 0 Å². The Kier molecular flexibility index (Phi) is 8.11. The van der Waals surface area contributed by atoms with Gasteiger partial charge in [-0.25, -0.2) is 4.79 Å². The maximum Gasteiger partial charge on any atom is 0.329 e. The van der Waals surface area contributed by atoms with Crippen molar-refractivity contribution in [2.24, 2.45) is 11.8 Å². The number of nitrogens with one attached hydrogen (secondary N) is 1. The minimum Gasteiger partial charge on any atom is -0.480 e. The number of hydrogen-bond donors (Lipinski definition) is 2. The Labute approximate surface area is 169 Å². The molecule has 2 aliphatic rings. The van der Waals surface area contributed by atoms with Crippen LogP contribution >= 0.6 is 0 Å². The molecule has 0 saturated heterocycles. The van der Waals surface area contributed by atoms with Crippen molar-refractivity contribution >= 4 is 12.0 Å². The third kappa shape index (κ3) is 6.75. The third-order valence-corrected chi connectivity index (χ3v) is 6.25. The Balaban J connectivity index is 1.33. The van der Waals surface area contributed by atoms with Crippen LogP contribution in [0.4, 0.5) is 0 Å². The second-order valence-corrected chi connectivity index (χ2v) is 8.41. The monoisotopic (exact) mass is 385 g/mol. The molecule has 2 atom stereocenters. The standard InChI is InChI=1S/C24H35NO3/c1-2-20(15-19-7-4-3-5-8-19)22-16-23(22)25-21-12-10-18(11-13-21)9-6-14-28-17-24(26)27/h3-5,7-8,15,18,21-23,25H,2,6,9-14,16-17H2,1H3,(H,26,27)/b20-15+/t18?,21?,22-,23+/m0/s1. The minimum atomic E-state index is -0.880. The van der Waals surface area contributed by atoms with E-state index in [1.165, 1.54) is 37.7 Å². The Bertz CT molecular complexity index is 635. The summed E-state index contributed by atoms with van der Waals surface area (Å²) < 4.78 is 5.14. The Morgan fingerprint density at radius 1 is 1.21 bits per heavy atom. The SMILES string of the molecule is CC/C(=C\c1ccccc1)[C@@H]1C[C@H]1NC1CCC(CCCOCC(=O)O)CC1. The van der Waals surface area contributed by atoms with Gasteiger partial charge in [-0.05, 0) is 68.8 Å². The summed E-state index contributed by atoms with van der Waals surface area (Å²) in [7, 11) is 0. The summed E-state index contributed by atoms with van der Waals surface area (Å²) in [6, 6.07) is 12.0. The highest BCUT2D eigenvalue weighted by atomic mass is 16.5. The quantitative estimate of drug-likeness (QED) is 0.532. The first-order valence-corrected chi connectivity index (χ1v) is 11.0. The molecule has 0 aromatic heterocycles. The summed E-state index contributed by atoms with van der Waals surface area (Å²) in [6.07, 6.45) is 12.1. The average Bonchev–Trinajstić information content (AvgIpc) is 3.46. The van der Waals surface area contributed by atoms with Crippen molar-refractivity contribution in [1.82, 2.24) is 5.32 Å². The van der Waals surface area contributed by atoms with Crippen molar-refractivity contribution in [3.8, 4) is 0 Å². The third-order valence-electron chi connectivity index (χ3n) is 6.25. The van der Waals surface area contributed by atoms with E-state index >= 15 is 0 Å². The molecule has 154 valence electrons. The van der Waals surface area contributed by atoms with Crippen LogP contribution in [-0.4, -0.2) is 36.4 Å². The van der Waals surface area contributed by atoms with E-state index in [-0.39, 0.29) is 6.61 Å². The van der Waals surface area contributed by atoms with Crippen LogP contribution in [0, 0.1) is 11.8 Å². The molecule has 0 unspecified atom stereocenters. The van der Waals surface area contributed by atoms with Gasteiger partial charge in [-0.2, -0.15) is 0 Å². The van der Waals surface area contributed by atoms with Gasteiger partial charge in [0.2, 0.25) is 0 Å². The van der Waals surface area contributed by atoms with E-state index in [4.69, 9.17) is 9.84 Å². The summed E-state index contributed by atoms with van der Waals surface area (Å²) in [5.41, 5.74) is 2.90. The highest BCUT2D eigenvalue weighted by molar-refractivity contribution is 5.67. The van der Waals surface area contributed by atoms with Crippen molar-refractivity contribution in [2.75, 3.05) is 13.2 Å². The number of ether oxygens (including phenoxy) is 1. The molecule has 3 rings (SSSR count). The van der Waals surface area contributed by atoms with E-state index in [9.17, 15) is 4.79 Å². The molecule has 0 heterocycles. The largest absolute Gasteiger partial charge is 0.480 e. The fourth-order valence-corrected chi connectivity index (χ4v) is 4.58. The molecule has 28 heavy (non-hydrogen) atoms. The van der Waals surface area contributed by atoms with Gasteiger partial charge < -0.3 is 15.2 Å². The normalized spacial score (nSPS) is 27.5. The van der Waals surface area contributed by atoms with Gasteiger partial charge in [0.15, 0.2) is 0 Å². The molecule has 0 spiro atoms. The first-order chi connectivity index (χ1) is 13.7. The molecule has 2 saturated carbocycles. The lowest BCUT2D eigenvalue weighted by atomic mass is 9.83. The van der Waals surface area contributed by atoms with Crippen molar-refractivity contribution in [3.05, 3.63) is 41.5 Å². The van der Waals surface area contributed by atoms with E-state index in [0.717, 1.165) is 25.2 Å². The molecule has 2 aliphatic carbocycles. The molecule has 0 bridgehead atoms. The van der Waals surface area contributed by atoms with Crippen molar-refractivity contribution in [1.29, 1.82) is 0 Å². The number of carboxylic acid groups (broad SMARTS) is 1. The Morgan fingerprint density at radius 3 is 2.64 bits per heavy atom. The van der Waals surface area contributed by atoms with E-state index in [1.54, 1.807) is 5.57 Å². The zero-order chi connectivity index (χ0) is 19.8. The molecule has 2 N–H and O–H groups in total. The van der Waals surface area contributed by atoms with Crippen molar-refractivity contribution in [3.63, 3.8) is 0 Å². The van der Waals surface area contributed by atoms with Gasteiger partial charge in [0.1, 0.15) is 6.61 Å². The lowest BCUT2D eigenvalue weighted by Crippen LogP contribution is -2.35. The van der Waals surface area contributed by atoms with Crippen LogP contribution in [0.2, 0.25) is 0 Å². The molecule has 1 aromatic rings. The number of rotatable bonds is 11. The maximum absolute atomic E-state index is 10.4. The fourth-order valence-electron chi connectivity index (χ4n) is 4.58. The number of hydrogen-bond acceptors (Lipinski definition) is 3. The van der Waals surface area contributed by atoms with Crippen LogP contribution in [0.15, 0.2) is 35.9 Å². The van der Waals surface area contributed by atoms with Gasteiger partial charge in [-0.15, -0.1) is 0 Å². The van der Waals surface area contributed by atoms with E-state index in [1.807, 2.05) is 0 Å². The van der Waals surface area contributed by atoms with Crippen LogP contribution in [0.25, 0.3) is 6.08 Å². The highest BCUT2D eigenvalue weighted by Gasteiger charge is 2.40. The second kappa shape index (κ2) is 10.8. The number of aliphatic carboxylic acids is 1. The van der Waals surface area contributed by atoms with E-state index < -0.39 is 5.97 Å². The second-order valence-electron chi connectivity index (χ2n) is 8.41. The summed E-state index contributed by atoms with van der Waals surface area (Å²) in [6.45, 7) is 2.68. The lowest BCUT2D eigenvalue weighted by molar-refractivity contribution is -0.142. The Hall–Kier alpha value is -1.65. The van der Waals surface area contributed by atoms with Gasteiger partial charge in [-0.1, -0.05) is 48.9 Å². The molecular formula is C24H35NO3. The summed E-state index contributed by atoms with van der Waals surface area (Å²) >= 11 is 0. The van der Waals surface area contributed by atoms with Crippen molar-refractivity contribution < 1.29 is 14.6 Å². The average molecular weight is 386 g/mol. The molecule has 0 amide bonds. The van der Waals surface area contributed by atoms with Gasteiger partial charge in [-0.3, -0.25) is 0 Å². The fraction of sp³-hybridized carbons (Fsp3) is 0.625. The highest BCUT2D eigenvalue weighted by Crippen LogP contribution is 2.41. The maximum atomic E-state index is 10.4. The van der Waals surface area contributed by atoms with Crippen LogP contribution in [0.5, 0.6) is 0 Å². The first-order valence-electron chi connectivity index (χ1n) is 11.0. The molecule has 2 fully saturated rings. The number of carbonyl (C=O) groups is 1. The molecular weight excluding hydrogens is 350 g/mol. The summed E-state index contributed by atoms with van der Waals surface area (Å²) in [5.74, 6) is 0.620. The lowest BCUT2D eigenvalue weighted by Gasteiger charge is -2.29. The van der Waals surface area contributed by atoms with E-state index in [2.05, 4.69) is 48.6 Å². The predicted octanol–water partition coefficient (Wildman–Crippen LogP) is 4.90. The smallest absolute Gasteiger partial charge is 0.329 e. The van der Waals surface area contributed by atoms with Crippen LogP contribution in [0.1, 0.15) is 63.9 Å². The van der Waals surface area contributed by atoms with E-state index in [0.29, 0.717) is 24.6 Å². The Morgan fingerprint density at radius 2 is 1.96 bits per heavy atom. The number of benzene rings is 1. The molecule has 0 aliphatic heterocycles. The van der Waals surface area contributed by atoms with Crippen LogP contribution in [0.3, 0.4) is 0 Å². The summed E-state index contributed by atoms with van der Waals surface area (Å²) in [4.78, 5) is 10.4. The zero-order valence-corrected chi connectivity index (χ0v) is 17.1.